The van der Waals surface area contributed by atoms with Crippen LogP contribution in [0.25, 0.3) is 0 Å². The highest BCUT2D eigenvalue weighted by atomic mass is 15.3. The van der Waals surface area contributed by atoms with E-state index in [2.05, 4.69) is 56.6 Å². The highest BCUT2D eigenvalue weighted by molar-refractivity contribution is 5.24. The van der Waals surface area contributed by atoms with Crippen LogP contribution in [0.4, 0.5) is 0 Å². The lowest BCUT2D eigenvalue weighted by molar-refractivity contribution is 0.401. The van der Waals surface area contributed by atoms with Crippen molar-refractivity contribution >= 4 is 0 Å². The van der Waals surface area contributed by atoms with Gasteiger partial charge in [0.05, 0.1) is 5.69 Å². The molecule has 1 heterocycles. The molecule has 0 aromatic carbocycles. The van der Waals surface area contributed by atoms with Gasteiger partial charge in [-0.1, -0.05) is 27.7 Å². The summed E-state index contributed by atoms with van der Waals surface area (Å²) in [5.74, 6) is 0.611. The molecule has 1 unspecified atom stereocenters. The Hall–Kier alpha value is -0.830. The van der Waals surface area contributed by atoms with Crippen LogP contribution in [0, 0.1) is 19.8 Å². The van der Waals surface area contributed by atoms with Gasteiger partial charge in [-0.25, -0.2) is 0 Å². The summed E-state index contributed by atoms with van der Waals surface area (Å²) >= 11 is 0. The molecule has 98 valence electrons. The van der Waals surface area contributed by atoms with Gasteiger partial charge in [0.25, 0.3) is 0 Å². The Morgan fingerprint density at radius 2 is 1.88 bits per heavy atom. The van der Waals surface area contributed by atoms with Crippen molar-refractivity contribution in [3.05, 3.63) is 17.0 Å². The quantitative estimate of drug-likeness (QED) is 0.824. The Kier molecular flexibility index (Phi) is 5.19. The fraction of sp³-hybridized carbons (Fsp3) is 0.786. The summed E-state index contributed by atoms with van der Waals surface area (Å²) in [6.07, 6.45) is 1.08. The van der Waals surface area contributed by atoms with Gasteiger partial charge < -0.3 is 5.32 Å². The summed E-state index contributed by atoms with van der Waals surface area (Å²) in [4.78, 5) is 0. The van der Waals surface area contributed by atoms with E-state index in [0.717, 1.165) is 19.5 Å². The van der Waals surface area contributed by atoms with E-state index in [9.17, 15) is 0 Å². The molecule has 0 amide bonds. The van der Waals surface area contributed by atoms with Crippen LogP contribution in [0.3, 0.4) is 0 Å². The zero-order valence-corrected chi connectivity index (χ0v) is 12.2. The summed E-state index contributed by atoms with van der Waals surface area (Å²) in [7, 11) is 0. The van der Waals surface area contributed by atoms with Crippen LogP contribution in [-0.4, -0.2) is 22.4 Å². The fourth-order valence-electron chi connectivity index (χ4n) is 2.22. The average molecular weight is 237 g/mol. The molecule has 1 rings (SSSR count). The third-order valence-electron chi connectivity index (χ3n) is 3.24. The number of hydrogen-bond donors (Lipinski definition) is 1. The molecule has 1 aromatic rings. The lowest BCUT2D eigenvalue weighted by Gasteiger charge is -2.16. The molecular formula is C14H27N3. The second kappa shape index (κ2) is 6.20. The maximum absolute atomic E-state index is 4.64. The number of nitrogens with one attached hydrogen (secondary N) is 1. The Morgan fingerprint density at radius 1 is 1.24 bits per heavy atom. The molecule has 1 aromatic heterocycles. The lowest BCUT2D eigenvalue weighted by Crippen LogP contribution is -2.30. The number of nitrogens with zero attached hydrogens (tertiary/aromatic N) is 2. The SMILES string of the molecule is CCc1c(C)nn(CC(C)CNC(C)C)c1C. The molecule has 0 spiro atoms. The van der Waals surface area contributed by atoms with Gasteiger partial charge in [-0.3, -0.25) is 4.68 Å². The number of rotatable bonds is 6. The van der Waals surface area contributed by atoms with Gasteiger partial charge in [0.15, 0.2) is 0 Å². The molecule has 0 saturated carbocycles. The van der Waals surface area contributed by atoms with Gasteiger partial charge in [0, 0.05) is 18.3 Å². The van der Waals surface area contributed by atoms with E-state index in [0.29, 0.717) is 12.0 Å². The molecule has 17 heavy (non-hydrogen) atoms. The predicted octanol–water partition coefficient (Wildman–Crippen LogP) is 2.70. The lowest BCUT2D eigenvalue weighted by atomic mass is 10.1. The van der Waals surface area contributed by atoms with Crippen LogP contribution in [0.2, 0.25) is 0 Å². The Labute approximate surface area is 106 Å². The topological polar surface area (TPSA) is 29.9 Å². The van der Waals surface area contributed by atoms with Gasteiger partial charge in [-0.15, -0.1) is 0 Å². The zero-order valence-electron chi connectivity index (χ0n) is 12.2. The normalized spacial score (nSPS) is 13.4. The minimum absolute atomic E-state index is 0.559. The van der Waals surface area contributed by atoms with E-state index in [-0.39, 0.29) is 0 Å². The molecule has 0 radical (unpaired) electrons. The van der Waals surface area contributed by atoms with Crippen LogP contribution < -0.4 is 5.32 Å². The highest BCUT2D eigenvalue weighted by Gasteiger charge is 2.12. The standard InChI is InChI=1S/C14H27N3/c1-7-14-12(5)16-17(13(14)6)9-11(4)8-15-10(2)3/h10-11,15H,7-9H2,1-6H3. The Bertz CT molecular complexity index is 353. The van der Waals surface area contributed by atoms with Crippen molar-refractivity contribution in [3.63, 3.8) is 0 Å². The molecule has 0 bridgehead atoms. The maximum Gasteiger partial charge on any atom is 0.0628 e. The second-order valence-electron chi connectivity index (χ2n) is 5.35. The largest absolute Gasteiger partial charge is 0.314 e. The molecule has 1 atom stereocenters. The molecule has 0 aliphatic rings. The van der Waals surface area contributed by atoms with E-state index in [1.165, 1.54) is 17.0 Å². The predicted molar refractivity (Wildman–Crippen MR) is 73.4 cm³/mol. The summed E-state index contributed by atoms with van der Waals surface area (Å²) in [6.45, 7) is 15.2. The van der Waals surface area contributed by atoms with Crippen molar-refractivity contribution < 1.29 is 0 Å². The van der Waals surface area contributed by atoms with Crippen LogP contribution in [0.5, 0.6) is 0 Å². The monoisotopic (exact) mass is 237 g/mol. The Balaban J connectivity index is 2.62. The van der Waals surface area contributed by atoms with E-state index in [1.807, 2.05) is 0 Å². The van der Waals surface area contributed by atoms with E-state index >= 15 is 0 Å². The van der Waals surface area contributed by atoms with Crippen molar-refractivity contribution in [3.8, 4) is 0 Å². The molecule has 3 nitrogen and oxygen atoms in total. The third kappa shape index (κ3) is 3.84. The molecular weight excluding hydrogens is 210 g/mol. The van der Waals surface area contributed by atoms with Crippen LogP contribution in [-0.2, 0) is 13.0 Å². The molecule has 1 N–H and O–H groups in total. The number of aryl methyl sites for hydroxylation is 1. The number of hydrogen-bond acceptors (Lipinski definition) is 2. The molecule has 3 heteroatoms. The first-order valence-corrected chi connectivity index (χ1v) is 6.71. The molecule has 0 aliphatic heterocycles. The average Bonchev–Trinajstić information content (AvgIpc) is 2.51. The van der Waals surface area contributed by atoms with Crippen LogP contribution >= 0.6 is 0 Å². The third-order valence-corrected chi connectivity index (χ3v) is 3.24. The van der Waals surface area contributed by atoms with Crippen molar-refractivity contribution in [2.45, 2.75) is 60.5 Å². The van der Waals surface area contributed by atoms with Crippen LogP contribution in [0.15, 0.2) is 0 Å². The van der Waals surface area contributed by atoms with Crippen molar-refractivity contribution in [2.24, 2.45) is 5.92 Å². The van der Waals surface area contributed by atoms with E-state index < -0.39 is 0 Å². The van der Waals surface area contributed by atoms with Gasteiger partial charge >= 0.3 is 0 Å². The summed E-state index contributed by atoms with van der Waals surface area (Å²) in [5, 5.41) is 8.12. The summed E-state index contributed by atoms with van der Waals surface area (Å²) in [5.41, 5.74) is 3.93. The van der Waals surface area contributed by atoms with Gasteiger partial charge in [-0.2, -0.15) is 5.10 Å². The van der Waals surface area contributed by atoms with Crippen molar-refractivity contribution in [2.75, 3.05) is 6.54 Å². The maximum atomic E-state index is 4.64. The molecule has 0 saturated heterocycles. The smallest absolute Gasteiger partial charge is 0.0628 e. The Morgan fingerprint density at radius 3 is 2.35 bits per heavy atom. The first kappa shape index (κ1) is 14.2. The summed E-state index contributed by atoms with van der Waals surface area (Å²) in [6, 6.07) is 0.559. The first-order chi connectivity index (χ1) is 7.95. The highest BCUT2D eigenvalue weighted by Crippen LogP contribution is 2.14. The van der Waals surface area contributed by atoms with E-state index in [4.69, 9.17) is 0 Å². The fourth-order valence-corrected chi connectivity index (χ4v) is 2.22. The van der Waals surface area contributed by atoms with Gasteiger partial charge in [0.2, 0.25) is 0 Å². The minimum Gasteiger partial charge on any atom is -0.314 e. The van der Waals surface area contributed by atoms with Gasteiger partial charge in [-0.05, 0) is 38.3 Å². The number of aromatic nitrogens is 2. The second-order valence-corrected chi connectivity index (χ2v) is 5.35. The molecule has 0 fully saturated rings. The van der Waals surface area contributed by atoms with E-state index in [1.54, 1.807) is 0 Å². The van der Waals surface area contributed by atoms with Gasteiger partial charge in [0.1, 0.15) is 0 Å². The molecule has 0 aliphatic carbocycles. The first-order valence-electron chi connectivity index (χ1n) is 6.71. The summed E-state index contributed by atoms with van der Waals surface area (Å²) < 4.78 is 2.17. The van der Waals surface area contributed by atoms with Crippen molar-refractivity contribution in [1.82, 2.24) is 15.1 Å². The zero-order chi connectivity index (χ0) is 13.0. The minimum atomic E-state index is 0.559. The van der Waals surface area contributed by atoms with Crippen LogP contribution in [0.1, 0.15) is 44.6 Å². The van der Waals surface area contributed by atoms with Crippen molar-refractivity contribution in [1.29, 1.82) is 0 Å².